The summed E-state index contributed by atoms with van der Waals surface area (Å²) in [6, 6.07) is 16.4. The molecular formula is C17H18N2O. The summed E-state index contributed by atoms with van der Waals surface area (Å²) in [4.78, 5) is 3.25. The molecule has 0 spiro atoms. The molecule has 3 rings (SSSR count). The van der Waals surface area contributed by atoms with E-state index in [0.717, 1.165) is 11.1 Å². The molecule has 0 bridgehead atoms. The number of nitrogens with one attached hydrogen (secondary N) is 1. The topological polar surface area (TPSA) is 51.0 Å². The van der Waals surface area contributed by atoms with E-state index in [1.165, 1.54) is 16.5 Å². The molecule has 3 nitrogen and oxygen atoms in total. The van der Waals surface area contributed by atoms with Crippen LogP contribution in [0.5, 0.6) is 0 Å². The molecule has 0 aliphatic rings. The number of fused-ring (bicyclic) bond motifs is 1. The van der Waals surface area contributed by atoms with Gasteiger partial charge in [0.25, 0.3) is 0 Å². The number of hydrogen-bond donors (Lipinski definition) is 2. The second-order valence-electron chi connectivity index (χ2n) is 4.84. The van der Waals surface area contributed by atoms with Gasteiger partial charge in [0.05, 0.1) is 13.2 Å². The van der Waals surface area contributed by atoms with E-state index in [2.05, 4.69) is 29.2 Å². The number of rotatable bonds is 5. The van der Waals surface area contributed by atoms with Gasteiger partial charge >= 0.3 is 0 Å². The Labute approximate surface area is 118 Å². The first-order chi connectivity index (χ1) is 9.88. The lowest BCUT2D eigenvalue weighted by Crippen LogP contribution is -1.98. The molecule has 0 unspecified atom stereocenters. The predicted molar refractivity (Wildman–Crippen MR) is 81.1 cm³/mol. The Kier molecular flexibility index (Phi) is 3.81. The SMILES string of the molecule is NCc1c[nH]c2cccc(COCc3ccccc3)c12. The summed E-state index contributed by atoms with van der Waals surface area (Å²) < 4.78 is 5.83. The molecule has 0 aliphatic carbocycles. The van der Waals surface area contributed by atoms with Crippen LogP contribution in [0, 0.1) is 0 Å². The Morgan fingerprint density at radius 3 is 2.55 bits per heavy atom. The summed E-state index contributed by atoms with van der Waals surface area (Å²) in [5, 5.41) is 1.20. The predicted octanol–water partition coefficient (Wildman–Crippen LogP) is 3.34. The third kappa shape index (κ3) is 2.59. The number of H-pyrrole nitrogens is 1. The maximum Gasteiger partial charge on any atom is 0.0728 e. The standard InChI is InChI=1S/C17H18N2O/c18-9-15-10-19-16-8-4-7-14(17(15)16)12-20-11-13-5-2-1-3-6-13/h1-8,10,19H,9,11-12,18H2. The Hall–Kier alpha value is -2.10. The zero-order valence-corrected chi connectivity index (χ0v) is 11.3. The average molecular weight is 266 g/mol. The van der Waals surface area contributed by atoms with Gasteiger partial charge in [-0.05, 0) is 22.8 Å². The smallest absolute Gasteiger partial charge is 0.0728 e. The molecule has 1 aromatic heterocycles. The van der Waals surface area contributed by atoms with Gasteiger partial charge in [0.15, 0.2) is 0 Å². The molecule has 0 aliphatic heterocycles. The maximum absolute atomic E-state index is 5.83. The van der Waals surface area contributed by atoms with Gasteiger partial charge < -0.3 is 15.5 Å². The van der Waals surface area contributed by atoms with Gasteiger partial charge in [-0.1, -0.05) is 42.5 Å². The lowest BCUT2D eigenvalue weighted by Gasteiger charge is -2.07. The number of aromatic nitrogens is 1. The highest BCUT2D eigenvalue weighted by molar-refractivity contribution is 5.86. The molecule has 0 amide bonds. The second kappa shape index (κ2) is 5.90. The quantitative estimate of drug-likeness (QED) is 0.744. The minimum atomic E-state index is 0.537. The molecule has 3 aromatic rings. The van der Waals surface area contributed by atoms with E-state index in [4.69, 9.17) is 10.5 Å². The summed E-state index contributed by atoms with van der Waals surface area (Å²) in [5.41, 5.74) is 10.4. The molecule has 0 saturated heterocycles. The van der Waals surface area contributed by atoms with Crippen LogP contribution in [0.3, 0.4) is 0 Å². The molecule has 102 valence electrons. The van der Waals surface area contributed by atoms with E-state index in [1.54, 1.807) is 0 Å². The Morgan fingerprint density at radius 1 is 0.900 bits per heavy atom. The van der Waals surface area contributed by atoms with Crippen LogP contribution < -0.4 is 5.73 Å². The summed E-state index contributed by atoms with van der Waals surface area (Å²) in [7, 11) is 0. The van der Waals surface area contributed by atoms with Crippen molar-refractivity contribution in [3.05, 3.63) is 71.4 Å². The highest BCUT2D eigenvalue weighted by Gasteiger charge is 2.07. The zero-order valence-electron chi connectivity index (χ0n) is 11.3. The summed E-state index contributed by atoms with van der Waals surface area (Å²) in [5.74, 6) is 0. The van der Waals surface area contributed by atoms with Crippen LogP contribution in [0.15, 0.2) is 54.7 Å². The largest absolute Gasteiger partial charge is 0.372 e. The van der Waals surface area contributed by atoms with Crippen LogP contribution in [-0.2, 0) is 24.5 Å². The van der Waals surface area contributed by atoms with Gasteiger partial charge in [-0.25, -0.2) is 0 Å². The van der Waals surface area contributed by atoms with Crippen molar-refractivity contribution in [3.63, 3.8) is 0 Å². The molecule has 3 N–H and O–H groups in total. The fourth-order valence-electron chi connectivity index (χ4n) is 2.47. The van der Waals surface area contributed by atoms with E-state index in [-0.39, 0.29) is 0 Å². The first-order valence-corrected chi connectivity index (χ1v) is 6.78. The minimum Gasteiger partial charge on any atom is -0.372 e. The number of nitrogens with two attached hydrogens (primary N) is 1. The number of aromatic amines is 1. The number of hydrogen-bond acceptors (Lipinski definition) is 2. The molecule has 20 heavy (non-hydrogen) atoms. The van der Waals surface area contributed by atoms with Crippen LogP contribution >= 0.6 is 0 Å². The minimum absolute atomic E-state index is 0.537. The Bertz CT molecular complexity index is 689. The van der Waals surface area contributed by atoms with Crippen LogP contribution in [-0.4, -0.2) is 4.98 Å². The van der Waals surface area contributed by atoms with Gasteiger partial charge in [-0.3, -0.25) is 0 Å². The van der Waals surface area contributed by atoms with Crippen molar-refractivity contribution >= 4 is 10.9 Å². The monoisotopic (exact) mass is 266 g/mol. The van der Waals surface area contributed by atoms with Gasteiger partial charge in [0.2, 0.25) is 0 Å². The van der Waals surface area contributed by atoms with Crippen LogP contribution in [0.2, 0.25) is 0 Å². The number of ether oxygens (including phenoxy) is 1. The summed E-state index contributed by atoms with van der Waals surface area (Å²) in [6.07, 6.45) is 1.98. The molecule has 0 saturated carbocycles. The summed E-state index contributed by atoms with van der Waals surface area (Å²) >= 11 is 0. The van der Waals surface area contributed by atoms with E-state index in [0.29, 0.717) is 19.8 Å². The molecule has 0 radical (unpaired) electrons. The van der Waals surface area contributed by atoms with Gasteiger partial charge in [0, 0.05) is 23.6 Å². The molecular weight excluding hydrogens is 248 g/mol. The van der Waals surface area contributed by atoms with E-state index in [1.807, 2.05) is 30.5 Å². The molecule has 0 atom stereocenters. The van der Waals surface area contributed by atoms with Crippen molar-refractivity contribution in [1.82, 2.24) is 4.98 Å². The van der Waals surface area contributed by atoms with Crippen molar-refractivity contribution < 1.29 is 4.74 Å². The first kappa shape index (κ1) is 12.9. The highest BCUT2D eigenvalue weighted by Crippen LogP contribution is 2.23. The zero-order chi connectivity index (χ0) is 13.8. The lowest BCUT2D eigenvalue weighted by molar-refractivity contribution is 0.108. The first-order valence-electron chi connectivity index (χ1n) is 6.78. The fourth-order valence-corrected chi connectivity index (χ4v) is 2.47. The molecule has 3 heteroatoms. The van der Waals surface area contributed by atoms with Crippen LogP contribution in [0.25, 0.3) is 10.9 Å². The van der Waals surface area contributed by atoms with E-state index in [9.17, 15) is 0 Å². The van der Waals surface area contributed by atoms with E-state index < -0.39 is 0 Å². The van der Waals surface area contributed by atoms with Gasteiger partial charge in [-0.2, -0.15) is 0 Å². The molecule has 2 aromatic carbocycles. The molecule has 1 heterocycles. The normalized spacial score (nSPS) is 11.1. The van der Waals surface area contributed by atoms with Crippen molar-refractivity contribution in [1.29, 1.82) is 0 Å². The summed E-state index contributed by atoms with van der Waals surface area (Å²) in [6.45, 7) is 1.76. The second-order valence-corrected chi connectivity index (χ2v) is 4.84. The third-order valence-corrected chi connectivity index (χ3v) is 3.46. The van der Waals surface area contributed by atoms with Crippen LogP contribution in [0.4, 0.5) is 0 Å². The Balaban J connectivity index is 1.76. The van der Waals surface area contributed by atoms with Crippen LogP contribution in [0.1, 0.15) is 16.7 Å². The van der Waals surface area contributed by atoms with Crippen molar-refractivity contribution in [2.24, 2.45) is 5.73 Å². The maximum atomic E-state index is 5.83. The van der Waals surface area contributed by atoms with Crippen molar-refractivity contribution in [3.8, 4) is 0 Å². The van der Waals surface area contributed by atoms with Gasteiger partial charge in [0.1, 0.15) is 0 Å². The Morgan fingerprint density at radius 2 is 1.75 bits per heavy atom. The lowest BCUT2D eigenvalue weighted by atomic mass is 10.1. The van der Waals surface area contributed by atoms with Crippen molar-refractivity contribution in [2.75, 3.05) is 0 Å². The number of benzene rings is 2. The third-order valence-electron chi connectivity index (χ3n) is 3.46. The van der Waals surface area contributed by atoms with Gasteiger partial charge in [-0.15, -0.1) is 0 Å². The fraction of sp³-hybridized carbons (Fsp3) is 0.176. The van der Waals surface area contributed by atoms with E-state index >= 15 is 0 Å². The molecule has 0 fully saturated rings. The highest BCUT2D eigenvalue weighted by atomic mass is 16.5. The average Bonchev–Trinajstić information content (AvgIpc) is 2.92. The van der Waals surface area contributed by atoms with Crippen molar-refractivity contribution in [2.45, 2.75) is 19.8 Å².